The van der Waals surface area contributed by atoms with E-state index in [1.54, 1.807) is 35.4 Å². The van der Waals surface area contributed by atoms with Crippen LogP contribution >= 0.6 is 0 Å². The van der Waals surface area contributed by atoms with Gasteiger partial charge in [-0.3, -0.25) is 10.3 Å². The van der Waals surface area contributed by atoms with E-state index >= 15 is 0 Å². The summed E-state index contributed by atoms with van der Waals surface area (Å²) in [4.78, 5) is 35.1. The fourth-order valence-corrected chi connectivity index (χ4v) is 4.18. The lowest BCUT2D eigenvalue weighted by Gasteiger charge is -2.38. The molecule has 0 saturated carbocycles. The summed E-state index contributed by atoms with van der Waals surface area (Å²) in [6.07, 6.45) is 4.12. The molecule has 1 aromatic heterocycles. The molecule has 2 aliphatic rings. The lowest BCUT2D eigenvalue weighted by Crippen LogP contribution is -2.46. The quantitative estimate of drug-likeness (QED) is 0.619. The number of hydrogen-bond donors (Lipinski definition) is 2. The van der Waals surface area contributed by atoms with Crippen molar-refractivity contribution in [3.05, 3.63) is 72.1 Å². The van der Waals surface area contributed by atoms with Crippen LogP contribution in [0.15, 0.2) is 60.9 Å². The number of amides is 2. The molecule has 1 fully saturated rings. The molecule has 2 amide bonds. The minimum Gasteiger partial charge on any atom is -0.508 e. The first kappa shape index (κ1) is 19.0. The van der Waals surface area contributed by atoms with Crippen molar-refractivity contribution in [2.24, 2.45) is 0 Å². The number of fused-ring (bicyclic) bond motifs is 2. The normalized spacial score (nSPS) is 16.6. The fourth-order valence-electron chi connectivity index (χ4n) is 4.18. The number of nitrogens with zero attached hydrogens (tertiary/aromatic N) is 3. The molecule has 8 heteroatoms. The minimum atomic E-state index is -0.646. The number of piperidine rings is 1. The second-order valence-corrected chi connectivity index (χ2v) is 7.68. The van der Waals surface area contributed by atoms with Crippen LogP contribution < -0.4 is 5.32 Å². The number of aromatic nitrogens is 2. The van der Waals surface area contributed by atoms with Gasteiger partial charge < -0.3 is 14.7 Å². The Kier molecular flexibility index (Phi) is 4.54. The lowest BCUT2D eigenvalue weighted by molar-refractivity contribution is -0.0363. The Hall–Kier alpha value is -3.94. The van der Waals surface area contributed by atoms with Crippen LogP contribution in [0.5, 0.6) is 5.75 Å². The number of rotatable bonds is 2. The van der Waals surface area contributed by atoms with E-state index in [2.05, 4.69) is 15.3 Å². The van der Waals surface area contributed by atoms with Crippen LogP contribution in [0.4, 0.5) is 10.6 Å². The number of carbonyl (C=O) groups is 2. The molecule has 8 nitrogen and oxygen atoms in total. The van der Waals surface area contributed by atoms with Gasteiger partial charge in [0.25, 0.3) is 0 Å². The number of benzene rings is 2. The van der Waals surface area contributed by atoms with Crippen molar-refractivity contribution < 1.29 is 19.4 Å². The summed E-state index contributed by atoms with van der Waals surface area (Å²) in [5.74, 6) is 0.192. The number of carbonyl (C=O) groups excluding carboxylic acids is 2. The summed E-state index contributed by atoms with van der Waals surface area (Å²) in [6.45, 7) is 0.921. The molecular formula is C23H20N4O4. The van der Waals surface area contributed by atoms with E-state index in [0.29, 0.717) is 43.0 Å². The maximum absolute atomic E-state index is 12.7. The van der Waals surface area contributed by atoms with E-state index in [1.807, 2.05) is 24.3 Å². The zero-order valence-corrected chi connectivity index (χ0v) is 16.6. The number of ether oxygens (including phenoxy) is 1. The van der Waals surface area contributed by atoms with Gasteiger partial charge in [-0.25, -0.2) is 14.6 Å². The van der Waals surface area contributed by atoms with Gasteiger partial charge in [0, 0.05) is 37.1 Å². The Morgan fingerprint density at radius 2 is 1.87 bits per heavy atom. The maximum atomic E-state index is 12.7. The van der Waals surface area contributed by atoms with Crippen molar-refractivity contribution in [3.63, 3.8) is 0 Å². The molecule has 1 spiro atoms. The molecule has 2 aliphatic heterocycles. The van der Waals surface area contributed by atoms with E-state index < -0.39 is 5.60 Å². The molecule has 3 aromatic rings. The third-order valence-corrected chi connectivity index (χ3v) is 5.81. The molecule has 0 radical (unpaired) electrons. The van der Waals surface area contributed by atoms with E-state index in [1.165, 1.54) is 6.20 Å². The van der Waals surface area contributed by atoms with Gasteiger partial charge in [0.2, 0.25) is 0 Å². The number of hydrogen-bond acceptors (Lipinski definition) is 6. The topological polar surface area (TPSA) is 105 Å². The average Bonchev–Trinajstić information content (AvgIpc) is 3.06. The van der Waals surface area contributed by atoms with Gasteiger partial charge in [0.05, 0.1) is 23.7 Å². The summed E-state index contributed by atoms with van der Waals surface area (Å²) >= 11 is 0. The monoisotopic (exact) mass is 416 g/mol. The number of likely N-dealkylation sites (tertiary alicyclic amines) is 1. The predicted molar refractivity (Wildman–Crippen MR) is 112 cm³/mol. The van der Waals surface area contributed by atoms with Crippen LogP contribution in [0, 0.1) is 0 Å². The van der Waals surface area contributed by atoms with E-state index in [9.17, 15) is 14.7 Å². The van der Waals surface area contributed by atoms with Crippen molar-refractivity contribution >= 4 is 17.8 Å². The Morgan fingerprint density at radius 3 is 2.61 bits per heavy atom. The Morgan fingerprint density at radius 1 is 1.06 bits per heavy atom. The zero-order chi connectivity index (χ0) is 21.4. The SMILES string of the molecule is O=C1OC2(CCN(C(=O)Nc3cnc(-c4cccc(O)c4)cn3)CC2)c2ccccc21. The number of esters is 1. The molecule has 3 heterocycles. The van der Waals surface area contributed by atoms with E-state index in [-0.39, 0.29) is 17.7 Å². The van der Waals surface area contributed by atoms with E-state index in [0.717, 1.165) is 11.1 Å². The molecular weight excluding hydrogens is 396 g/mol. The second kappa shape index (κ2) is 7.39. The summed E-state index contributed by atoms with van der Waals surface area (Å²) < 4.78 is 5.73. The number of phenols is 1. The molecule has 0 aliphatic carbocycles. The van der Waals surface area contributed by atoms with Crippen molar-refractivity contribution in [2.45, 2.75) is 18.4 Å². The van der Waals surface area contributed by atoms with Crippen LogP contribution in [-0.4, -0.2) is 45.1 Å². The molecule has 2 aromatic carbocycles. The molecule has 1 saturated heterocycles. The highest BCUT2D eigenvalue weighted by Crippen LogP contribution is 2.43. The molecule has 156 valence electrons. The minimum absolute atomic E-state index is 0.148. The van der Waals surface area contributed by atoms with Crippen LogP contribution in [-0.2, 0) is 10.3 Å². The van der Waals surface area contributed by atoms with Crippen LogP contribution in [0.2, 0.25) is 0 Å². The van der Waals surface area contributed by atoms with Gasteiger partial charge in [0.1, 0.15) is 11.4 Å². The summed E-state index contributed by atoms with van der Waals surface area (Å²) in [7, 11) is 0. The Bertz CT molecular complexity index is 1150. The third-order valence-electron chi connectivity index (χ3n) is 5.81. The van der Waals surface area contributed by atoms with Gasteiger partial charge in [0.15, 0.2) is 5.82 Å². The largest absolute Gasteiger partial charge is 0.508 e. The number of urea groups is 1. The summed E-state index contributed by atoms with van der Waals surface area (Å²) in [5.41, 5.74) is 2.21. The van der Waals surface area contributed by atoms with Crippen molar-refractivity contribution in [1.29, 1.82) is 0 Å². The summed E-state index contributed by atoms with van der Waals surface area (Å²) in [5, 5.41) is 12.4. The van der Waals surface area contributed by atoms with Gasteiger partial charge in [-0.15, -0.1) is 0 Å². The number of nitrogens with one attached hydrogen (secondary N) is 1. The smallest absolute Gasteiger partial charge is 0.339 e. The highest BCUT2D eigenvalue weighted by molar-refractivity contribution is 5.95. The Labute approximate surface area is 178 Å². The number of phenolic OH excluding ortho intramolecular Hbond substituents is 1. The molecule has 0 unspecified atom stereocenters. The number of aromatic hydroxyl groups is 1. The zero-order valence-electron chi connectivity index (χ0n) is 16.6. The molecule has 0 bridgehead atoms. The van der Waals surface area contributed by atoms with Crippen LogP contribution in [0.25, 0.3) is 11.3 Å². The fraction of sp³-hybridized carbons (Fsp3) is 0.217. The predicted octanol–water partition coefficient (Wildman–Crippen LogP) is 3.54. The highest BCUT2D eigenvalue weighted by Gasteiger charge is 2.47. The van der Waals surface area contributed by atoms with Crippen LogP contribution in [0.1, 0.15) is 28.8 Å². The maximum Gasteiger partial charge on any atom is 0.339 e. The second-order valence-electron chi connectivity index (χ2n) is 7.68. The van der Waals surface area contributed by atoms with Gasteiger partial charge >= 0.3 is 12.0 Å². The van der Waals surface area contributed by atoms with Gasteiger partial charge in [-0.1, -0.05) is 30.3 Å². The first-order valence-corrected chi connectivity index (χ1v) is 10.0. The Balaban J connectivity index is 1.23. The van der Waals surface area contributed by atoms with Crippen molar-refractivity contribution in [2.75, 3.05) is 18.4 Å². The summed E-state index contributed by atoms with van der Waals surface area (Å²) in [6, 6.07) is 13.9. The van der Waals surface area contributed by atoms with Crippen molar-refractivity contribution in [1.82, 2.24) is 14.9 Å². The molecule has 5 rings (SSSR count). The molecule has 31 heavy (non-hydrogen) atoms. The standard InChI is InChI=1S/C23H20N4O4/c28-16-5-3-4-15(12-16)19-13-25-20(14-24-19)26-22(30)27-10-8-23(9-11-27)18-7-2-1-6-17(18)21(29)31-23/h1-7,12-14,28H,8-11H2,(H,25,26,30). The molecule has 0 atom stereocenters. The number of anilines is 1. The highest BCUT2D eigenvalue weighted by atomic mass is 16.6. The first-order chi connectivity index (χ1) is 15.0. The molecule has 2 N–H and O–H groups in total. The van der Waals surface area contributed by atoms with Crippen LogP contribution in [0.3, 0.4) is 0 Å². The van der Waals surface area contributed by atoms with E-state index in [4.69, 9.17) is 4.74 Å². The average molecular weight is 416 g/mol. The lowest BCUT2D eigenvalue weighted by atomic mass is 9.84. The van der Waals surface area contributed by atoms with Crippen molar-refractivity contribution in [3.8, 4) is 17.0 Å². The third kappa shape index (κ3) is 3.46. The first-order valence-electron chi connectivity index (χ1n) is 10.0. The van der Waals surface area contributed by atoms with Gasteiger partial charge in [-0.2, -0.15) is 0 Å². The van der Waals surface area contributed by atoms with Gasteiger partial charge in [-0.05, 0) is 18.2 Å².